The summed E-state index contributed by atoms with van der Waals surface area (Å²) >= 11 is 0. The number of likely N-dealkylation sites (tertiary alicyclic amines) is 2. The molecule has 0 radical (unpaired) electrons. The zero-order valence-corrected chi connectivity index (χ0v) is 13.2. The summed E-state index contributed by atoms with van der Waals surface area (Å²) in [6, 6.07) is 0.780. The van der Waals surface area contributed by atoms with E-state index in [-0.39, 0.29) is 6.10 Å². The molecule has 3 atom stereocenters. The first kappa shape index (κ1) is 15.8. The fourth-order valence-electron chi connectivity index (χ4n) is 3.78. The lowest BCUT2D eigenvalue weighted by Gasteiger charge is -2.41. The Hall–Kier alpha value is -0.610. The Kier molecular flexibility index (Phi) is 5.44. The van der Waals surface area contributed by atoms with Gasteiger partial charge >= 0.3 is 0 Å². The van der Waals surface area contributed by atoms with Crippen molar-refractivity contribution in [3.8, 4) is 0 Å². The summed E-state index contributed by atoms with van der Waals surface area (Å²) in [5, 5.41) is 9.62. The fourth-order valence-corrected chi connectivity index (χ4v) is 3.78. The van der Waals surface area contributed by atoms with Crippen molar-refractivity contribution < 1.29 is 9.90 Å². The van der Waals surface area contributed by atoms with Crippen LogP contribution in [-0.2, 0) is 4.79 Å². The van der Waals surface area contributed by atoms with Gasteiger partial charge < -0.3 is 10.0 Å². The van der Waals surface area contributed by atoms with Crippen LogP contribution in [0.1, 0.15) is 52.9 Å². The molecular formula is C16H30N2O2. The Morgan fingerprint density at radius 1 is 1.15 bits per heavy atom. The van der Waals surface area contributed by atoms with Gasteiger partial charge in [-0.05, 0) is 71.9 Å². The van der Waals surface area contributed by atoms with Gasteiger partial charge in [-0.3, -0.25) is 9.69 Å². The zero-order valence-electron chi connectivity index (χ0n) is 13.2. The SMILES string of the molecule is CC(O)C1CCN(CC(=O)N2C(C)CCCC2C)CC1. The number of nitrogens with zero attached hydrogens (tertiary/aromatic N) is 2. The maximum Gasteiger partial charge on any atom is 0.237 e. The molecule has 2 heterocycles. The number of carbonyl (C=O) groups excluding carboxylic acids is 1. The summed E-state index contributed by atoms with van der Waals surface area (Å²) < 4.78 is 0. The van der Waals surface area contributed by atoms with Gasteiger partial charge in [-0.15, -0.1) is 0 Å². The van der Waals surface area contributed by atoms with Gasteiger partial charge in [0.2, 0.25) is 5.91 Å². The van der Waals surface area contributed by atoms with Crippen molar-refractivity contribution in [2.24, 2.45) is 5.92 Å². The van der Waals surface area contributed by atoms with E-state index >= 15 is 0 Å². The first-order valence-electron chi connectivity index (χ1n) is 8.20. The third-order valence-corrected chi connectivity index (χ3v) is 5.15. The van der Waals surface area contributed by atoms with E-state index in [1.807, 2.05) is 6.92 Å². The number of carbonyl (C=O) groups is 1. The van der Waals surface area contributed by atoms with Gasteiger partial charge in [0.1, 0.15) is 0 Å². The zero-order chi connectivity index (χ0) is 14.7. The molecule has 0 aromatic carbocycles. The Labute approximate surface area is 123 Å². The molecule has 2 fully saturated rings. The first-order valence-corrected chi connectivity index (χ1v) is 8.20. The van der Waals surface area contributed by atoms with Crippen LogP contribution in [0.3, 0.4) is 0 Å². The third-order valence-electron chi connectivity index (χ3n) is 5.15. The minimum Gasteiger partial charge on any atom is -0.393 e. The van der Waals surface area contributed by atoms with E-state index in [1.165, 1.54) is 6.42 Å². The van der Waals surface area contributed by atoms with E-state index in [2.05, 4.69) is 23.6 Å². The monoisotopic (exact) mass is 282 g/mol. The van der Waals surface area contributed by atoms with Gasteiger partial charge in [0, 0.05) is 12.1 Å². The summed E-state index contributed by atoms with van der Waals surface area (Å²) in [5.41, 5.74) is 0. The van der Waals surface area contributed by atoms with Crippen LogP contribution in [0.15, 0.2) is 0 Å². The van der Waals surface area contributed by atoms with Crippen molar-refractivity contribution in [1.29, 1.82) is 0 Å². The standard InChI is InChI=1S/C16H30N2O2/c1-12-5-4-6-13(2)18(12)16(20)11-17-9-7-15(8-10-17)14(3)19/h12-15,19H,4-11H2,1-3H3. The summed E-state index contributed by atoms with van der Waals surface area (Å²) in [5.74, 6) is 0.703. The number of amides is 1. The van der Waals surface area contributed by atoms with Gasteiger partial charge in [0.05, 0.1) is 12.6 Å². The van der Waals surface area contributed by atoms with Gasteiger partial charge in [-0.25, -0.2) is 0 Å². The normalized spacial score (nSPS) is 31.3. The van der Waals surface area contributed by atoms with Crippen LogP contribution >= 0.6 is 0 Å². The second-order valence-corrected chi connectivity index (χ2v) is 6.78. The maximum absolute atomic E-state index is 12.5. The molecule has 1 N–H and O–H groups in total. The Bertz CT molecular complexity index is 314. The highest BCUT2D eigenvalue weighted by Gasteiger charge is 2.31. The van der Waals surface area contributed by atoms with E-state index in [9.17, 15) is 9.90 Å². The Morgan fingerprint density at radius 3 is 2.20 bits per heavy atom. The molecule has 20 heavy (non-hydrogen) atoms. The average molecular weight is 282 g/mol. The summed E-state index contributed by atoms with van der Waals surface area (Å²) in [6.07, 6.45) is 5.33. The average Bonchev–Trinajstić information content (AvgIpc) is 2.39. The predicted molar refractivity (Wildman–Crippen MR) is 80.5 cm³/mol. The predicted octanol–water partition coefficient (Wildman–Crippen LogP) is 1.87. The Morgan fingerprint density at radius 2 is 1.70 bits per heavy atom. The lowest BCUT2D eigenvalue weighted by molar-refractivity contribution is -0.139. The third kappa shape index (κ3) is 3.73. The largest absolute Gasteiger partial charge is 0.393 e. The van der Waals surface area contributed by atoms with Crippen LogP contribution in [0.4, 0.5) is 0 Å². The number of aliphatic hydroxyl groups excluding tert-OH is 1. The first-order chi connectivity index (χ1) is 9.49. The highest BCUT2D eigenvalue weighted by Crippen LogP contribution is 2.24. The van der Waals surface area contributed by atoms with Gasteiger partial charge in [0.15, 0.2) is 0 Å². The van der Waals surface area contributed by atoms with E-state index in [4.69, 9.17) is 0 Å². The molecule has 116 valence electrons. The molecule has 4 nitrogen and oxygen atoms in total. The molecule has 1 amide bonds. The van der Waals surface area contributed by atoms with Crippen molar-refractivity contribution in [3.05, 3.63) is 0 Å². The van der Waals surface area contributed by atoms with E-state index in [0.717, 1.165) is 38.8 Å². The molecule has 0 spiro atoms. The van der Waals surface area contributed by atoms with E-state index < -0.39 is 0 Å². The highest BCUT2D eigenvalue weighted by molar-refractivity contribution is 5.79. The quantitative estimate of drug-likeness (QED) is 0.859. The summed E-state index contributed by atoms with van der Waals surface area (Å²) in [7, 11) is 0. The van der Waals surface area contributed by atoms with Crippen LogP contribution < -0.4 is 0 Å². The second-order valence-electron chi connectivity index (χ2n) is 6.78. The topological polar surface area (TPSA) is 43.8 Å². The summed E-state index contributed by atoms with van der Waals surface area (Å²) in [4.78, 5) is 16.9. The summed E-state index contributed by atoms with van der Waals surface area (Å²) in [6.45, 7) is 8.67. The van der Waals surface area contributed by atoms with Crippen LogP contribution in [0.2, 0.25) is 0 Å². The molecule has 2 rings (SSSR count). The molecule has 2 saturated heterocycles. The molecule has 2 aliphatic heterocycles. The van der Waals surface area contributed by atoms with Gasteiger partial charge in [-0.1, -0.05) is 0 Å². The lowest BCUT2D eigenvalue weighted by Crippen LogP contribution is -2.52. The molecule has 0 aromatic heterocycles. The lowest BCUT2D eigenvalue weighted by atomic mass is 9.92. The molecule has 2 aliphatic rings. The molecule has 0 saturated carbocycles. The van der Waals surface area contributed by atoms with Crippen LogP contribution in [-0.4, -0.2) is 58.6 Å². The number of hydrogen-bond donors (Lipinski definition) is 1. The number of aliphatic hydroxyl groups is 1. The minimum absolute atomic E-state index is 0.213. The molecular weight excluding hydrogens is 252 g/mol. The fraction of sp³-hybridized carbons (Fsp3) is 0.938. The Balaban J connectivity index is 1.83. The number of hydrogen-bond acceptors (Lipinski definition) is 3. The highest BCUT2D eigenvalue weighted by atomic mass is 16.3. The van der Waals surface area contributed by atoms with Crippen molar-refractivity contribution in [2.75, 3.05) is 19.6 Å². The van der Waals surface area contributed by atoms with E-state index in [0.29, 0.717) is 30.5 Å². The van der Waals surface area contributed by atoms with Gasteiger partial charge in [-0.2, -0.15) is 0 Å². The second kappa shape index (κ2) is 6.90. The molecule has 0 bridgehead atoms. The molecule has 0 aromatic rings. The molecule has 4 heteroatoms. The number of piperidine rings is 2. The van der Waals surface area contributed by atoms with Crippen molar-refractivity contribution >= 4 is 5.91 Å². The smallest absolute Gasteiger partial charge is 0.237 e. The minimum atomic E-state index is -0.213. The van der Waals surface area contributed by atoms with Crippen LogP contribution in [0, 0.1) is 5.92 Å². The number of rotatable bonds is 3. The molecule has 3 unspecified atom stereocenters. The van der Waals surface area contributed by atoms with Crippen molar-refractivity contribution in [1.82, 2.24) is 9.80 Å². The van der Waals surface area contributed by atoms with Crippen LogP contribution in [0.5, 0.6) is 0 Å². The maximum atomic E-state index is 12.5. The van der Waals surface area contributed by atoms with Crippen molar-refractivity contribution in [3.63, 3.8) is 0 Å². The van der Waals surface area contributed by atoms with Crippen molar-refractivity contribution in [2.45, 2.75) is 71.1 Å². The van der Waals surface area contributed by atoms with E-state index in [1.54, 1.807) is 0 Å². The van der Waals surface area contributed by atoms with Gasteiger partial charge in [0.25, 0.3) is 0 Å². The van der Waals surface area contributed by atoms with Crippen LogP contribution in [0.25, 0.3) is 0 Å². The molecule has 0 aliphatic carbocycles.